The third-order valence-electron chi connectivity index (χ3n) is 3.19. The van der Waals surface area contributed by atoms with Crippen molar-refractivity contribution in [3.8, 4) is 0 Å². The zero-order valence-corrected chi connectivity index (χ0v) is 14.2. The molecule has 0 aliphatic rings. The average molecular weight is 297 g/mol. The summed E-state index contributed by atoms with van der Waals surface area (Å²) in [5, 5.41) is 0. The smallest absolute Gasteiger partial charge is 0.147 e. The van der Waals surface area contributed by atoms with Gasteiger partial charge in [0.15, 0.2) is 0 Å². The van der Waals surface area contributed by atoms with E-state index in [1.165, 1.54) is 16.7 Å². The summed E-state index contributed by atoms with van der Waals surface area (Å²) in [6.07, 6.45) is 12.6. The maximum absolute atomic E-state index is 11.1. The molecule has 0 aromatic carbocycles. The lowest BCUT2D eigenvalue weighted by molar-refractivity contribution is -0.116. The highest BCUT2D eigenvalue weighted by Gasteiger charge is 1.97. The monoisotopic (exact) mass is 296 g/mol. The van der Waals surface area contributed by atoms with Gasteiger partial charge in [0.05, 0.1) is 5.88 Å². The van der Waals surface area contributed by atoms with Gasteiger partial charge < -0.3 is 0 Å². The van der Waals surface area contributed by atoms with Crippen molar-refractivity contribution < 1.29 is 4.79 Å². The number of allylic oxidation sites excluding steroid dienone is 6. The van der Waals surface area contributed by atoms with Crippen molar-refractivity contribution in [2.45, 2.75) is 66.2 Å². The fourth-order valence-electron chi connectivity index (χ4n) is 1.89. The van der Waals surface area contributed by atoms with E-state index in [2.05, 4.69) is 45.9 Å². The van der Waals surface area contributed by atoms with Crippen molar-refractivity contribution in [2.75, 3.05) is 5.88 Å². The number of rotatable bonds is 10. The van der Waals surface area contributed by atoms with Gasteiger partial charge in [-0.15, -0.1) is 11.6 Å². The highest BCUT2D eigenvalue weighted by atomic mass is 35.5. The molecule has 0 aliphatic heterocycles. The van der Waals surface area contributed by atoms with E-state index in [9.17, 15) is 4.79 Å². The molecule has 0 spiro atoms. The number of alkyl halides is 1. The molecule has 0 rings (SSSR count). The molecule has 1 nitrogen and oxygen atoms in total. The van der Waals surface area contributed by atoms with Crippen LogP contribution in [0, 0.1) is 0 Å². The Morgan fingerprint density at radius 3 is 1.70 bits per heavy atom. The summed E-state index contributed by atoms with van der Waals surface area (Å²) in [7, 11) is 0. The van der Waals surface area contributed by atoms with Crippen LogP contribution in [-0.2, 0) is 4.79 Å². The molecule has 114 valence electrons. The van der Waals surface area contributed by atoms with E-state index in [1.807, 2.05) is 0 Å². The second kappa shape index (κ2) is 12.0. The van der Waals surface area contributed by atoms with Gasteiger partial charge in [-0.3, -0.25) is 4.79 Å². The predicted octanol–water partition coefficient (Wildman–Crippen LogP) is 5.99. The number of hydrogen-bond acceptors (Lipinski definition) is 1. The van der Waals surface area contributed by atoms with Crippen LogP contribution in [-0.4, -0.2) is 11.7 Å². The van der Waals surface area contributed by atoms with E-state index < -0.39 is 0 Å². The van der Waals surface area contributed by atoms with Gasteiger partial charge in [-0.05, 0) is 59.8 Å². The van der Waals surface area contributed by atoms with Crippen molar-refractivity contribution in [3.63, 3.8) is 0 Å². The van der Waals surface area contributed by atoms with Gasteiger partial charge in [0.1, 0.15) is 5.78 Å². The first-order chi connectivity index (χ1) is 9.45. The molecule has 0 N–H and O–H groups in total. The molecule has 0 fully saturated rings. The Morgan fingerprint density at radius 2 is 1.25 bits per heavy atom. The quantitative estimate of drug-likeness (QED) is 0.357. The van der Waals surface area contributed by atoms with Gasteiger partial charge in [-0.2, -0.15) is 0 Å². The summed E-state index contributed by atoms with van der Waals surface area (Å²) in [5.41, 5.74) is 4.22. The fourth-order valence-corrected chi connectivity index (χ4v) is 2.02. The molecule has 0 unspecified atom stereocenters. The fraction of sp³-hybridized carbons (Fsp3) is 0.611. The van der Waals surface area contributed by atoms with Gasteiger partial charge in [0.25, 0.3) is 0 Å². The van der Waals surface area contributed by atoms with Crippen LogP contribution < -0.4 is 0 Å². The minimum absolute atomic E-state index is 0.130. The molecule has 0 bridgehead atoms. The molecule has 0 amide bonds. The second-order valence-corrected chi connectivity index (χ2v) is 5.94. The molecular weight excluding hydrogens is 268 g/mol. The van der Waals surface area contributed by atoms with Crippen LogP contribution in [0.15, 0.2) is 34.9 Å². The Morgan fingerprint density at radius 1 is 0.800 bits per heavy atom. The van der Waals surface area contributed by atoms with Gasteiger partial charge >= 0.3 is 0 Å². The summed E-state index contributed by atoms with van der Waals surface area (Å²) in [4.78, 5) is 11.1. The number of ketones is 1. The summed E-state index contributed by atoms with van der Waals surface area (Å²) in [5.74, 6) is 0.270. The van der Waals surface area contributed by atoms with E-state index in [4.69, 9.17) is 11.6 Å². The SMILES string of the molecule is CC(C)=CCC/C(C)=C/CC/C(C)=C/CCC(=O)CCl. The summed E-state index contributed by atoms with van der Waals surface area (Å²) in [6.45, 7) is 8.62. The van der Waals surface area contributed by atoms with Crippen LogP contribution in [0.1, 0.15) is 66.2 Å². The Bertz CT molecular complexity index is 371. The van der Waals surface area contributed by atoms with Crippen LogP contribution in [0.4, 0.5) is 0 Å². The molecule has 0 aliphatic carbocycles. The minimum atomic E-state index is 0.130. The Hall–Kier alpha value is -0.820. The largest absolute Gasteiger partial charge is 0.298 e. The maximum atomic E-state index is 11.1. The predicted molar refractivity (Wildman–Crippen MR) is 90.4 cm³/mol. The summed E-state index contributed by atoms with van der Waals surface area (Å²) >= 11 is 5.46. The van der Waals surface area contributed by atoms with E-state index >= 15 is 0 Å². The molecule has 0 radical (unpaired) electrons. The lowest BCUT2D eigenvalue weighted by Gasteiger charge is -2.01. The standard InChI is InChI=1S/C18H29ClO/c1-15(2)8-5-9-16(3)10-6-11-17(4)12-7-13-18(20)14-19/h8,10,12H,5-7,9,11,13-14H2,1-4H3/b16-10+,17-12+. The molecule has 20 heavy (non-hydrogen) atoms. The van der Waals surface area contributed by atoms with E-state index in [-0.39, 0.29) is 11.7 Å². The third-order valence-corrected chi connectivity index (χ3v) is 3.49. The maximum Gasteiger partial charge on any atom is 0.147 e. The van der Waals surface area contributed by atoms with E-state index in [0.717, 1.165) is 32.1 Å². The number of Topliss-reactive ketones (excluding diaryl/α,β-unsaturated/α-hetero) is 1. The van der Waals surface area contributed by atoms with Crippen LogP contribution in [0.2, 0.25) is 0 Å². The number of carbonyl (C=O) groups is 1. The highest BCUT2D eigenvalue weighted by Crippen LogP contribution is 2.12. The van der Waals surface area contributed by atoms with Crippen LogP contribution >= 0.6 is 11.6 Å². The van der Waals surface area contributed by atoms with Crippen LogP contribution in [0.25, 0.3) is 0 Å². The highest BCUT2D eigenvalue weighted by molar-refractivity contribution is 6.27. The normalized spacial score (nSPS) is 12.4. The minimum Gasteiger partial charge on any atom is -0.298 e. The average Bonchev–Trinajstić information content (AvgIpc) is 2.38. The van der Waals surface area contributed by atoms with E-state index in [0.29, 0.717) is 6.42 Å². The van der Waals surface area contributed by atoms with Crippen LogP contribution in [0.3, 0.4) is 0 Å². The van der Waals surface area contributed by atoms with Crippen molar-refractivity contribution in [1.82, 2.24) is 0 Å². The zero-order chi connectivity index (χ0) is 15.4. The zero-order valence-electron chi connectivity index (χ0n) is 13.5. The van der Waals surface area contributed by atoms with Gasteiger partial charge in [0, 0.05) is 6.42 Å². The van der Waals surface area contributed by atoms with Crippen molar-refractivity contribution in [1.29, 1.82) is 0 Å². The molecule has 2 heteroatoms. The number of halogens is 1. The first-order valence-corrected chi connectivity index (χ1v) is 8.01. The number of hydrogen-bond donors (Lipinski definition) is 0. The third kappa shape index (κ3) is 12.2. The van der Waals surface area contributed by atoms with Crippen molar-refractivity contribution in [3.05, 3.63) is 34.9 Å². The van der Waals surface area contributed by atoms with E-state index in [1.54, 1.807) is 0 Å². The number of carbonyl (C=O) groups excluding carboxylic acids is 1. The van der Waals surface area contributed by atoms with Gasteiger partial charge in [0.2, 0.25) is 0 Å². The van der Waals surface area contributed by atoms with Gasteiger partial charge in [-0.1, -0.05) is 34.9 Å². The molecule has 0 aromatic heterocycles. The van der Waals surface area contributed by atoms with Crippen molar-refractivity contribution >= 4 is 17.4 Å². The molecule has 0 atom stereocenters. The molecule has 0 aromatic rings. The lowest BCUT2D eigenvalue weighted by atomic mass is 10.1. The second-order valence-electron chi connectivity index (χ2n) is 5.67. The first-order valence-electron chi connectivity index (χ1n) is 7.48. The topological polar surface area (TPSA) is 17.1 Å². The van der Waals surface area contributed by atoms with Crippen LogP contribution in [0.5, 0.6) is 0 Å². The summed E-state index contributed by atoms with van der Waals surface area (Å²) < 4.78 is 0. The van der Waals surface area contributed by atoms with Gasteiger partial charge in [-0.25, -0.2) is 0 Å². The Balaban J connectivity index is 3.88. The first kappa shape index (κ1) is 19.2. The molecule has 0 saturated carbocycles. The summed E-state index contributed by atoms with van der Waals surface area (Å²) in [6, 6.07) is 0. The van der Waals surface area contributed by atoms with Crippen molar-refractivity contribution in [2.24, 2.45) is 0 Å². The molecular formula is C18H29ClO. The molecule has 0 heterocycles. The Labute approximate surface area is 129 Å². The lowest BCUT2D eigenvalue weighted by Crippen LogP contribution is -1.97. The Kier molecular flexibility index (Phi) is 11.5. The molecule has 0 saturated heterocycles.